The largest absolute Gasteiger partial charge is 0.331 e. The van der Waals surface area contributed by atoms with Crippen LogP contribution >= 0.6 is 0 Å². The molecule has 1 aromatic heterocycles. The Labute approximate surface area is 92.9 Å². The Hall–Kier alpha value is -2.30. The van der Waals surface area contributed by atoms with Gasteiger partial charge in [0.1, 0.15) is 0 Å². The molecule has 5 nitrogen and oxygen atoms in total. The second-order valence-corrected chi connectivity index (χ2v) is 3.32. The third-order valence-corrected chi connectivity index (χ3v) is 1.94. The van der Waals surface area contributed by atoms with E-state index in [2.05, 4.69) is 20.6 Å². The van der Waals surface area contributed by atoms with Gasteiger partial charge in [-0.2, -0.15) is 0 Å². The fourth-order valence-electron chi connectivity index (χ4n) is 1.35. The van der Waals surface area contributed by atoms with Crippen LogP contribution in [0.2, 0.25) is 0 Å². The number of benzene rings is 1. The molecule has 2 rings (SSSR count). The predicted molar refractivity (Wildman–Crippen MR) is 62.6 cm³/mol. The number of hydrogen-bond acceptors (Lipinski definition) is 3. The fourth-order valence-corrected chi connectivity index (χ4v) is 1.35. The number of amides is 1. The summed E-state index contributed by atoms with van der Waals surface area (Å²) in [6, 6.07) is 7.42. The fraction of sp³-hybridized carbons (Fsp3) is 0.0909. The highest BCUT2D eigenvalue weighted by molar-refractivity contribution is 5.89. The van der Waals surface area contributed by atoms with Crippen LogP contribution in [-0.4, -0.2) is 15.9 Å². The Morgan fingerprint density at radius 1 is 1.38 bits per heavy atom. The van der Waals surface area contributed by atoms with Crippen molar-refractivity contribution in [1.82, 2.24) is 9.97 Å². The Bertz CT molecular complexity index is 478. The number of imidazole rings is 1. The summed E-state index contributed by atoms with van der Waals surface area (Å²) in [7, 11) is 0. The van der Waals surface area contributed by atoms with Crippen molar-refractivity contribution in [2.24, 2.45) is 0 Å². The molecule has 1 amide bonds. The lowest BCUT2D eigenvalue weighted by atomic mass is 10.3. The third-order valence-electron chi connectivity index (χ3n) is 1.94. The van der Waals surface area contributed by atoms with Gasteiger partial charge in [0.15, 0.2) is 0 Å². The second-order valence-electron chi connectivity index (χ2n) is 3.32. The highest BCUT2D eigenvalue weighted by Crippen LogP contribution is 2.17. The minimum Gasteiger partial charge on any atom is -0.331 e. The van der Waals surface area contributed by atoms with Gasteiger partial charge in [0.25, 0.3) is 0 Å². The lowest BCUT2D eigenvalue weighted by molar-refractivity contribution is -0.114. The molecule has 5 heteroatoms. The highest BCUT2D eigenvalue weighted by atomic mass is 16.1. The van der Waals surface area contributed by atoms with Gasteiger partial charge in [-0.1, -0.05) is 6.07 Å². The smallest absolute Gasteiger partial charge is 0.221 e. The minimum absolute atomic E-state index is 0.0878. The molecule has 0 aliphatic carbocycles. The molecule has 0 bridgehead atoms. The van der Waals surface area contributed by atoms with Gasteiger partial charge in [0.05, 0.1) is 0 Å². The molecule has 0 unspecified atom stereocenters. The summed E-state index contributed by atoms with van der Waals surface area (Å²) in [5.41, 5.74) is 1.62. The van der Waals surface area contributed by atoms with Gasteiger partial charge in [0.2, 0.25) is 11.9 Å². The van der Waals surface area contributed by atoms with Crippen LogP contribution in [0.1, 0.15) is 6.92 Å². The van der Waals surface area contributed by atoms with E-state index in [1.54, 1.807) is 12.4 Å². The Balaban J connectivity index is 2.13. The molecular formula is C11H12N4O. The maximum Gasteiger partial charge on any atom is 0.221 e. The quantitative estimate of drug-likeness (QED) is 0.736. The first-order valence-electron chi connectivity index (χ1n) is 4.88. The molecule has 1 heterocycles. The summed E-state index contributed by atoms with van der Waals surface area (Å²) in [6.45, 7) is 1.48. The number of hydrogen-bond donors (Lipinski definition) is 3. The first-order chi connectivity index (χ1) is 7.74. The first-order valence-corrected chi connectivity index (χ1v) is 4.88. The van der Waals surface area contributed by atoms with E-state index in [1.165, 1.54) is 6.92 Å². The number of rotatable bonds is 3. The maximum atomic E-state index is 10.9. The molecule has 0 radical (unpaired) electrons. The van der Waals surface area contributed by atoms with Gasteiger partial charge in [-0.3, -0.25) is 4.79 Å². The van der Waals surface area contributed by atoms with Crippen molar-refractivity contribution in [2.75, 3.05) is 10.6 Å². The molecule has 2 aromatic rings. The highest BCUT2D eigenvalue weighted by Gasteiger charge is 1.99. The predicted octanol–water partition coefficient (Wildman–Crippen LogP) is 2.11. The molecule has 16 heavy (non-hydrogen) atoms. The van der Waals surface area contributed by atoms with Crippen LogP contribution in [0.15, 0.2) is 36.7 Å². The molecule has 3 N–H and O–H groups in total. The van der Waals surface area contributed by atoms with Crippen LogP contribution in [0.4, 0.5) is 17.3 Å². The summed E-state index contributed by atoms with van der Waals surface area (Å²) in [5, 5.41) is 5.79. The van der Waals surface area contributed by atoms with E-state index in [0.717, 1.165) is 11.4 Å². The van der Waals surface area contributed by atoms with Crippen LogP contribution in [0.25, 0.3) is 0 Å². The zero-order valence-corrected chi connectivity index (χ0v) is 8.82. The maximum absolute atomic E-state index is 10.9. The van der Waals surface area contributed by atoms with E-state index in [0.29, 0.717) is 5.95 Å². The van der Waals surface area contributed by atoms with Crippen molar-refractivity contribution in [1.29, 1.82) is 0 Å². The molecule has 0 saturated carbocycles. The lowest BCUT2D eigenvalue weighted by Gasteiger charge is -2.06. The number of nitrogens with one attached hydrogen (secondary N) is 3. The normalized spacial score (nSPS) is 9.81. The zero-order valence-electron chi connectivity index (χ0n) is 8.82. The van der Waals surface area contributed by atoms with Crippen LogP contribution < -0.4 is 10.6 Å². The number of carbonyl (C=O) groups excluding carboxylic acids is 1. The van der Waals surface area contributed by atoms with Gasteiger partial charge < -0.3 is 15.6 Å². The number of H-pyrrole nitrogens is 1. The van der Waals surface area contributed by atoms with Crippen LogP contribution in [0.3, 0.4) is 0 Å². The van der Waals surface area contributed by atoms with E-state index in [-0.39, 0.29) is 5.91 Å². The lowest BCUT2D eigenvalue weighted by Crippen LogP contribution is -2.05. The average molecular weight is 216 g/mol. The molecule has 82 valence electrons. The average Bonchev–Trinajstić information content (AvgIpc) is 2.70. The van der Waals surface area contributed by atoms with Crippen molar-refractivity contribution in [3.8, 4) is 0 Å². The molecule has 0 atom stereocenters. The molecule has 0 spiro atoms. The van der Waals surface area contributed by atoms with Gasteiger partial charge in [0, 0.05) is 30.7 Å². The summed E-state index contributed by atoms with van der Waals surface area (Å²) in [4.78, 5) is 17.9. The molecule has 0 aliphatic rings. The molecule has 0 saturated heterocycles. The summed E-state index contributed by atoms with van der Waals surface area (Å²) in [6.07, 6.45) is 3.40. The van der Waals surface area contributed by atoms with E-state index >= 15 is 0 Å². The van der Waals surface area contributed by atoms with Gasteiger partial charge >= 0.3 is 0 Å². The van der Waals surface area contributed by atoms with Crippen molar-refractivity contribution >= 4 is 23.2 Å². The van der Waals surface area contributed by atoms with E-state index < -0.39 is 0 Å². The van der Waals surface area contributed by atoms with Gasteiger partial charge in [-0.05, 0) is 18.2 Å². The topological polar surface area (TPSA) is 69.8 Å². The molecule has 1 aromatic carbocycles. The summed E-state index contributed by atoms with van der Waals surface area (Å²) < 4.78 is 0. The van der Waals surface area contributed by atoms with Crippen molar-refractivity contribution in [3.05, 3.63) is 36.7 Å². The Morgan fingerprint density at radius 3 is 2.88 bits per heavy atom. The second kappa shape index (κ2) is 4.48. The van der Waals surface area contributed by atoms with Crippen LogP contribution in [0.5, 0.6) is 0 Å². The Morgan fingerprint density at radius 2 is 2.19 bits per heavy atom. The third kappa shape index (κ3) is 2.60. The molecular weight excluding hydrogens is 204 g/mol. The van der Waals surface area contributed by atoms with E-state index in [9.17, 15) is 4.79 Å². The number of aromatic nitrogens is 2. The molecule has 0 fully saturated rings. The van der Waals surface area contributed by atoms with Crippen molar-refractivity contribution < 1.29 is 4.79 Å². The Kier molecular flexibility index (Phi) is 2.86. The van der Waals surface area contributed by atoms with Crippen LogP contribution in [-0.2, 0) is 4.79 Å². The number of carbonyl (C=O) groups is 1. The summed E-state index contributed by atoms with van der Waals surface area (Å²) in [5.74, 6) is 0.579. The van der Waals surface area contributed by atoms with Crippen molar-refractivity contribution in [3.63, 3.8) is 0 Å². The van der Waals surface area contributed by atoms with Crippen LogP contribution in [0, 0.1) is 0 Å². The minimum atomic E-state index is -0.0878. The standard InChI is InChI=1S/C11H12N4O/c1-8(16)14-9-3-2-4-10(7-9)15-11-12-5-6-13-11/h2-7H,1H3,(H,14,16)(H2,12,13,15). The number of aromatic amines is 1. The first kappa shape index (κ1) is 10.2. The molecule has 0 aliphatic heterocycles. The number of anilines is 3. The monoisotopic (exact) mass is 216 g/mol. The SMILES string of the molecule is CC(=O)Nc1cccc(Nc2ncc[nH]2)c1. The van der Waals surface area contributed by atoms with Crippen molar-refractivity contribution in [2.45, 2.75) is 6.92 Å². The zero-order chi connectivity index (χ0) is 11.4. The summed E-state index contributed by atoms with van der Waals surface area (Å²) >= 11 is 0. The van der Waals surface area contributed by atoms with Gasteiger partial charge in [-0.15, -0.1) is 0 Å². The van der Waals surface area contributed by atoms with E-state index in [1.807, 2.05) is 24.3 Å². The van der Waals surface area contributed by atoms with Gasteiger partial charge in [-0.25, -0.2) is 4.98 Å². The van der Waals surface area contributed by atoms with E-state index in [4.69, 9.17) is 0 Å². The number of nitrogens with zero attached hydrogens (tertiary/aromatic N) is 1.